The number of nitrogens with two attached hydrogens (primary N) is 1. The average molecular weight is 313 g/mol. The Morgan fingerprint density at radius 3 is 2.70 bits per heavy atom. The Morgan fingerprint density at radius 2 is 2.09 bits per heavy atom. The molecular weight excluding hydrogens is 290 g/mol. The lowest BCUT2D eigenvalue weighted by Crippen LogP contribution is -2.44. The highest BCUT2D eigenvalue weighted by Gasteiger charge is 2.50. The number of benzene rings is 1. The van der Waals surface area contributed by atoms with E-state index in [1.165, 1.54) is 0 Å². The van der Waals surface area contributed by atoms with Crippen molar-refractivity contribution in [1.82, 2.24) is 4.90 Å². The van der Waals surface area contributed by atoms with Crippen LogP contribution in [0, 0.1) is 11.3 Å². The molecule has 3 N–H and O–H groups in total. The maximum absolute atomic E-state index is 12.5. The molecule has 0 spiro atoms. The lowest BCUT2D eigenvalue weighted by molar-refractivity contribution is -0.149. The third-order valence-electron chi connectivity index (χ3n) is 4.62. The summed E-state index contributed by atoms with van der Waals surface area (Å²) in [4.78, 5) is 14.3. The second-order valence-corrected chi connectivity index (χ2v) is 6.69. The third-order valence-corrected chi connectivity index (χ3v) is 4.62. The molecule has 5 nitrogen and oxygen atoms in total. The van der Waals surface area contributed by atoms with Crippen LogP contribution in [0.1, 0.15) is 32.3 Å². The number of cyclic esters (lactones) is 1. The molecule has 1 aromatic rings. The summed E-state index contributed by atoms with van der Waals surface area (Å²) in [5.41, 5.74) is 7.69. The van der Waals surface area contributed by atoms with E-state index < -0.39 is 5.60 Å². The SMILES string of the molecule is CC(C)CC1(c2ccccc2)OC(=O)C2=C1CN(C(=N)N)CC2. The molecular formula is C18H23N3O2. The molecule has 0 radical (unpaired) electrons. The Hall–Kier alpha value is -2.30. The zero-order chi connectivity index (χ0) is 16.6. The van der Waals surface area contributed by atoms with Crippen molar-refractivity contribution in [1.29, 1.82) is 5.41 Å². The lowest BCUT2D eigenvalue weighted by Gasteiger charge is -2.37. The number of rotatable bonds is 3. The molecule has 23 heavy (non-hydrogen) atoms. The quantitative estimate of drug-likeness (QED) is 0.510. The van der Waals surface area contributed by atoms with E-state index >= 15 is 0 Å². The van der Waals surface area contributed by atoms with Crippen molar-refractivity contribution in [2.45, 2.75) is 32.3 Å². The Morgan fingerprint density at radius 1 is 1.39 bits per heavy atom. The van der Waals surface area contributed by atoms with Crippen molar-refractivity contribution in [3.05, 3.63) is 47.0 Å². The van der Waals surface area contributed by atoms with Gasteiger partial charge in [0.15, 0.2) is 11.6 Å². The maximum Gasteiger partial charge on any atom is 0.335 e. The van der Waals surface area contributed by atoms with Gasteiger partial charge < -0.3 is 15.4 Å². The van der Waals surface area contributed by atoms with Crippen LogP contribution in [0.4, 0.5) is 0 Å². The Bertz CT molecular complexity index is 666. The Labute approximate surface area is 136 Å². The zero-order valence-corrected chi connectivity index (χ0v) is 13.6. The first-order valence-corrected chi connectivity index (χ1v) is 8.04. The minimum atomic E-state index is -0.726. The normalized spacial score (nSPS) is 24.0. The summed E-state index contributed by atoms with van der Waals surface area (Å²) in [7, 11) is 0. The molecule has 0 amide bonds. The predicted molar refractivity (Wildman–Crippen MR) is 88.8 cm³/mol. The first kappa shape index (κ1) is 15.6. The van der Waals surface area contributed by atoms with Crippen LogP contribution in [0.3, 0.4) is 0 Å². The highest BCUT2D eigenvalue weighted by atomic mass is 16.6. The minimum absolute atomic E-state index is 0.0439. The topological polar surface area (TPSA) is 79.4 Å². The largest absolute Gasteiger partial charge is 0.446 e. The van der Waals surface area contributed by atoms with Crippen LogP contribution in [0.2, 0.25) is 0 Å². The van der Waals surface area contributed by atoms with E-state index in [1.54, 1.807) is 4.90 Å². The number of nitrogens with one attached hydrogen (secondary N) is 1. The molecule has 2 aliphatic rings. The smallest absolute Gasteiger partial charge is 0.335 e. The van der Waals surface area contributed by atoms with Gasteiger partial charge in [-0.3, -0.25) is 5.41 Å². The number of ether oxygens (including phenoxy) is 1. The van der Waals surface area contributed by atoms with Crippen LogP contribution >= 0.6 is 0 Å². The molecule has 1 aromatic carbocycles. The molecule has 0 saturated heterocycles. The monoisotopic (exact) mass is 313 g/mol. The van der Waals surface area contributed by atoms with Gasteiger partial charge in [-0.2, -0.15) is 0 Å². The number of hydrogen-bond acceptors (Lipinski definition) is 3. The molecule has 0 aromatic heterocycles. The van der Waals surface area contributed by atoms with Crippen LogP contribution in [-0.4, -0.2) is 29.9 Å². The van der Waals surface area contributed by atoms with E-state index in [4.69, 9.17) is 15.9 Å². The molecule has 2 aliphatic heterocycles. The van der Waals surface area contributed by atoms with Gasteiger partial charge in [0, 0.05) is 24.2 Å². The molecule has 1 atom stereocenters. The molecule has 0 saturated carbocycles. The molecule has 2 heterocycles. The zero-order valence-electron chi connectivity index (χ0n) is 13.6. The number of hydrogen-bond donors (Lipinski definition) is 2. The standard InChI is InChI=1S/C18H23N3O2/c1-12(2)10-18(13-6-4-3-5-7-13)15-11-21(17(19)20)9-8-14(15)16(22)23-18/h3-7,12H,8-11H2,1-2H3,(H3,19,20). The van der Waals surface area contributed by atoms with E-state index in [-0.39, 0.29) is 11.9 Å². The molecule has 0 aliphatic carbocycles. The van der Waals surface area contributed by atoms with Gasteiger partial charge in [-0.05, 0) is 24.3 Å². The van der Waals surface area contributed by atoms with Gasteiger partial charge in [-0.25, -0.2) is 4.79 Å². The number of carbonyl (C=O) groups is 1. The van der Waals surface area contributed by atoms with Gasteiger partial charge in [0.05, 0.1) is 0 Å². The van der Waals surface area contributed by atoms with Gasteiger partial charge in [0.25, 0.3) is 0 Å². The van der Waals surface area contributed by atoms with Crippen molar-refractivity contribution in [2.24, 2.45) is 11.7 Å². The Balaban J connectivity index is 2.10. The molecule has 0 bridgehead atoms. The summed E-state index contributed by atoms with van der Waals surface area (Å²) in [6.45, 7) is 5.33. The molecule has 5 heteroatoms. The third kappa shape index (κ3) is 2.60. The van der Waals surface area contributed by atoms with Crippen LogP contribution < -0.4 is 5.73 Å². The van der Waals surface area contributed by atoms with Crippen molar-refractivity contribution >= 4 is 11.9 Å². The highest BCUT2D eigenvalue weighted by molar-refractivity contribution is 5.94. The van der Waals surface area contributed by atoms with Crippen LogP contribution in [0.15, 0.2) is 41.5 Å². The van der Waals surface area contributed by atoms with E-state index in [9.17, 15) is 4.79 Å². The summed E-state index contributed by atoms with van der Waals surface area (Å²) >= 11 is 0. The Kier molecular flexibility index (Phi) is 3.88. The number of esters is 1. The second kappa shape index (κ2) is 5.72. The fourth-order valence-electron chi connectivity index (χ4n) is 3.64. The van der Waals surface area contributed by atoms with Gasteiger partial charge in [-0.15, -0.1) is 0 Å². The molecule has 122 valence electrons. The summed E-state index contributed by atoms with van der Waals surface area (Å²) in [6, 6.07) is 9.92. The van der Waals surface area contributed by atoms with E-state index in [1.807, 2.05) is 30.3 Å². The van der Waals surface area contributed by atoms with E-state index in [2.05, 4.69) is 13.8 Å². The van der Waals surface area contributed by atoms with Crippen molar-refractivity contribution < 1.29 is 9.53 Å². The number of guanidine groups is 1. The summed E-state index contributed by atoms with van der Waals surface area (Å²) in [5, 5.41) is 7.72. The van der Waals surface area contributed by atoms with Crippen LogP contribution in [-0.2, 0) is 15.1 Å². The minimum Gasteiger partial charge on any atom is -0.446 e. The van der Waals surface area contributed by atoms with Gasteiger partial charge in [0.2, 0.25) is 0 Å². The first-order valence-electron chi connectivity index (χ1n) is 8.04. The van der Waals surface area contributed by atoms with Gasteiger partial charge in [0.1, 0.15) is 0 Å². The number of carbonyl (C=O) groups excluding carboxylic acids is 1. The predicted octanol–water partition coefficient (Wildman–Crippen LogP) is 2.38. The lowest BCUT2D eigenvalue weighted by atomic mass is 9.77. The summed E-state index contributed by atoms with van der Waals surface area (Å²) in [5.74, 6) is 0.192. The molecule has 1 unspecified atom stereocenters. The van der Waals surface area contributed by atoms with Crippen molar-refractivity contribution in [3.8, 4) is 0 Å². The molecule has 3 rings (SSSR count). The van der Waals surface area contributed by atoms with Gasteiger partial charge in [-0.1, -0.05) is 44.2 Å². The van der Waals surface area contributed by atoms with Crippen molar-refractivity contribution in [3.63, 3.8) is 0 Å². The fourth-order valence-corrected chi connectivity index (χ4v) is 3.64. The highest BCUT2D eigenvalue weighted by Crippen LogP contribution is 2.48. The molecule has 0 fully saturated rings. The first-order chi connectivity index (χ1) is 10.9. The fraction of sp³-hybridized carbons (Fsp3) is 0.444. The van der Waals surface area contributed by atoms with E-state index in [0.29, 0.717) is 25.4 Å². The summed E-state index contributed by atoms with van der Waals surface area (Å²) < 4.78 is 5.97. The average Bonchev–Trinajstić information content (AvgIpc) is 2.80. The number of nitrogens with zero attached hydrogens (tertiary/aromatic N) is 1. The summed E-state index contributed by atoms with van der Waals surface area (Å²) in [6.07, 6.45) is 1.31. The van der Waals surface area contributed by atoms with Crippen LogP contribution in [0.5, 0.6) is 0 Å². The van der Waals surface area contributed by atoms with Crippen LogP contribution in [0.25, 0.3) is 0 Å². The van der Waals surface area contributed by atoms with Crippen molar-refractivity contribution in [2.75, 3.05) is 13.1 Å². The van der Waals surface area contributed by atoms with Gasteiger partial charge >= 0.3 is 5.97 Å². The van der Waals surface area contributed by atoms with E-state index in [0.717, 1.165) is 23.1 Å². The maximum atomic E-state index is 12.5. The second-order valence-electron chi connectivity index (χ2n) is 6.69.